The number of halogens is 1. The van der Waals surface area contributed by atoms with Gasteiger partial charge in [-0.05, 0) is 34.7 Å². The quantitative estimate of drug-likeness (QED) is 0.743. The highest BCUT2D eigenvalue weighted by Gasteiger charge is 2.20. The Labute approximate surface area is 121 Å². The average molecular weight is 330 g/mol. The second kappa shape index (κ2) is 7.05. The van der Waals surface area contributed by atoms with Crippen molar-refractivity contribution in [1.82, 2.24) is 9.78 Å². The van der Waals surface area contributed by atoms with Crippen LogP contribution >= 0.6 is 15.9 Å². The molecule has 0 atom stereocenters. The number of anilines is 1. The maximum Gasteiger partial charge on any atom is 0.283 e. The molecule has 1 fully saturated rings. The van der Waals surface area contributed by atoms with Crippen molar-refractivity contribution in [3.8, 4) is 0 Å². The zero-order valence-electron chi connectivity index (χ0n) is 11.2. The zero-order chi connectivity index (χ0) is 13.7. The van der Waals surface area contributed by atoms with Gasteiger partial charge in [0.2, 0.25) is 0 Å². The van der Waals surface area contributed by atoms with E-state index < -0.39 is 0 Å². The van der Waals surface area contributed by atoms with Gasteiger partial charge in [0, 0.05) is 13.7 Å². The monoisotopic (exact) mass is 329 g/mol. The van der Waals surface area contributed by atoms with Crippen molar-refractivity contribution in [3.63, 3.8) is 0 Å². The number of aromatic nitrogens is 2. The second-order valence-electron chi connectivity index (χ2n) is 4.91. The first-order chi connectivity index (χ1) is 9.22. The lowest BCUT2D eigenvalue weighted by atomic mass is 10.2. The molecule has 0 saturated heterocycles. The third-order valence-corrected chi connectivity index (χ3v) is 4.06. The minimum Gasteiger partial charge on any atom is -0.383 e. The van der Waals surface area contributed by atoms with Crippen LogP contribution in [0.1, 0.15) is 25.7 Å². The average Bonchev–Trinajstić information content (AvgIpc) is 3.22. The predicted octanol–water partition coefficient (Wildman–Crippen LogP) is 2.25. The molecule has 19 heavy (non-hydrogen) atoms. The third-order valence-electron chi connectivity index (χ3n) is 3.29. The van der Waals surface area contributed by atoms with E-state index in [0.717, 1.165) is 24.6 Å². The van der Waals surface area contributed by atoms with Crippen LogP contribution in [0.2, 0.25) is 0 Å². The van der Waals surface area contributed by atoms with Crippen LogP contribution in [0.5, 0.6) is 0 Å². The van der Waals surface area contributed by atoms with Gasteiger partial charge in [0.1, 0.15) is 4.47 Å². The molecule has 2 rings (SSSR count). The van der Waals surface area contributed by atoms with Crippen LogP contribution in [-0.2, 0) is 11.3 Å². The highest BCUT2D eigenvalue weighted by atomic mass is 79.9. The Hall–Kier alpha value is -0.880. The van der Waals surface area contributed by atoms with Gasteiger partial charge < -0.3 is 10.1 Å². The maximum absolute atomic E-state index is 12.0. The Morgan fingerprint density at radius 1 is 1.58 bits per heavy atom. The fraction of sp³-hybridized carbons (Fsp3) is 0.692. The van der Waals surface area contributed by atoms with E-state index in [-0.39, 0.29) is 5.56 Å². The van der Waals surface area contributed by atoms with Crippen LogP contribution in [-0.4, -0.2) is 30.0 Å². The molecular weight excluding hydrogens is 310 g/mol. The summed E-state index contributed by atoms with van der Waals surface area (Å²) in [6.07, 6.45) is 6.90. The van der Waals surface area contributed by atoms with Crippen molar-refractivity contribution in [2.75, 3.05) is 25.6 Å². The topological polar surface area (TPSA) is 56.1 Å². The molecule has 1 aliphatic rings. The summed E-state index contributed by atoms with van der Waals surface area (Å²) in [7, 11) is 1.61. The zero-order valence-corrected chi connectivity index (χ0v) is 12.8. The first-order valence-corrected chi connectivity index (χ1v) is 7.50. The van der Waals surface area contributed by atoms with Gasteiger partial charge in [-0.2, -0.15) is 5.10 Å². The second-order valence-corrected chi connectivity index (χ2v) is 5.70. The van der Waals surface area contributed by atoms with Gasteiger partial charge in [-0.15, -0.1) is 0 Å². The summed E-state index contributed by atoms with van der Waals surface area (Å²) in [5.74, 6) is 0.949. The van der Waals surface area contributed by atoms with Gasteiger partial charge in [-0.25, -0.2) is 4.68 Å². The Morgan fingerprint density at radius 2 is 2.37 bits per heavy atom. The number of nitrogens with one attached hydrogen (secondary N) is 1. The summed E-state index contributed by atoms with van der Waals surface area (Å²) < 4.78 is 6.90. The van der Waals surface area contributed by atoms with Gasteiger partial charge in [0.15, 0.2) is 0 Å². The molecule has 0 spiro atoms. The van der Waals surface area contributed by atoms with E-state index in [2.05, 4.69) is 26.3 Å². The highest BCUT2D eigenvalue weighted by molar-refractivity contribution is 9.10. The Bertz CT molecular complexity index is 471. The van der Waals surface area contributed by atoms with Gasteiger partial charge in [-0.1, -0.05) is 12.8 Å². The van der Waals surface area contributed by atoms with Crippen molar-refractivity contribution in [3.05, 3.63) is 21.0 Å². The molecule has 0 aromatic carbocycles. The van der Waals surface area contributed by atoms with Gasteiger partial charge in [0.05, 0.1) is 25.0 Å². The van der Waals surface area contributed by atoms with Crippen LogP contribution in [0.15, 0.2) is 15.5 Å². The van der Waals surface area contributed by atoms with Gasteiger partial charge in [-0.3, -0.25) is 4.79 Å². The van der Waals surface area contributed by atoms with Crippen LogP contribution < -0.4 is 10.9 Å². The van der Waals surface area contributed by atoms with E-state index >= 15 is 0 Å². The standard InChI is InChI=1S/C13H20BrN3O2/c1-19-8-7-17-13(18)12(14)11(9-16-17)15-6-2-3-10-4-5-10/h9-10,15H,2-8H2,1H3. The number of rotatable bonds is 8. The normalized spacial score (nSPS) is 14.6. The summed E-state index contributed by atoms with van der Waals surface area (Å²) in [5.41, 5.74) is 0.652. The molecule has 1 aromatic rings. The van der Waals surface area contributed by atoms with E-state index in [1.165, 1.54) is 23.9 Å². The largest absolute Gasteiger partial charge is 0.383 e. The predicted molar refractivity (Wildman–Crippen MR) is 78.5 cm³/mol. The molecule has 0 unspecified atom stereocenters. The summed E-state index contributed by atoms with van der Waals surface area (Å²) in [6, 6.07) is 0. The summed E-state index contributed by atoms with van der Waals surface area (Å²) in [6.45, 7) is 1.84. The number of ether oxygens (including phenoxy) is 1. The fourth-order valence-electron chi connectivity index (χ4n) is 1.95. The molecule has 1 heterocycles. The molecule has 1 saturated carbocycles. The lowest BCUT2D eigenvalue weighted by molar-refractivity contribution is 0.181. The molecule has 1 aromatic heterocycles. The Kier molecular flexibility index (Phi) is 5.39. The first-order valence-electron chi connectivity index (χ1n) is 6.71. The first kappa shape index (κ1) is 14.5. The smallest absolute Gasteiger partial charge is 0.283 e. The van der Waals surface area contributed by atoms with Crippen molar-refractivity contribution >= 4 is 21.6 Å². The van der Waals surface area contributed by atoms with E-state index in [1.54, 1.807) is 13.3 Å². The van der Waals surface area contributed by atoms with Crippen molar-refractivity contribution in [2.45, 2.75) is 32.2 Å². The molecule has 0 aliphatic heterocycles. The van der Waals surface area contributed by atoms with Crippen LogP contribution in [0.3, 0.4) is 0 Å². The van der Waals surface area contributed by atoms with Gasteiger partial charge in [0.25, 0.3) is 5.56 Å². The summed E-state index contributed by atoms with van der Waals surface area (Å²) in [5, 5.41) is 7.40. The van der Waals surface area contributed by atoms with Crippen molar-refractivity contribution < 1.29 is 4.74 Å². The van der Waals surface area contributed by atoms with E-state index in [4.69, 9.17) is 4.74 Å². The van der Waals surface area contributed by atoms with Crippen molar-refractivity contribution in [1.29, 1.82) is 0 Å². The summed E-state index contributed by atoms with van der Waals surface area (Å²) >= 11 is 3.34. The van der Waals surface area contributed by atoms with Gasteiger partial charge >= 0.3 is 0 Å². The number of nitrogens with zero attached hydrogens (tertiary/aromatic N) is 2. The lowest BCUT2D eigenvalue weighted by Gasteiger charge is -2.10. The minimum absolute atomic E-state index is 0.121. The molecule has 1 N–H and O–H groups in total. The molecule has 0 amide bonds. The van der Waals surface area contributed by atoms with Crippen LogP contribution in [0, 0.1) is 5.92 Å². The fourth-order valence-corrected chi connectivity index (χ4v) is 2.39. The summed E-state index contributed by atoms with van der Waals surface area (Å²) in [4.78, 5) is 12.0. The number of methoxy groups -OCH3 is 1. The molecule has 5 nitrogen and oxygen atoms in total. The molecule has 1 aliphatic carbocycles. The van der Waals surface area contributed by atoms with E-state index in [1.807, 2.05) is 0 Å². The number of hydrogen-bond donors (Lipinski definition) is 1. The highest BCUT2D eigenvalue weighted by Crippen LogP contribution is 2.33. The lowest BCUT2D eigenvalue weighted by Crippen LogP contribution is -2.26. The van der Waals surface area contributed by atoms with Crippen LogP contribution in [0.25, 0.3) is 0 Å². The van der Waals surface area contributed by atoms with Crippen LogP contribution in [0.4, 0.5) is 5.69 Å². The Morgan fingerprint density at radius 3 is 3.05 bits per heavy atom. The molecule has 0 bridgehead atoms. The third kappa shape index (κ3) is 4.31. The van der Waals surface area contributed by atoms with Crippen molar-refractivity contribution in [2.24, 2.45) is 5.92 Å². The SMILES string of the molecule is COCCn1ncc(NCCCC2CC2)c(Br)c1=O. The molecular formula is C13H20BrN3O2. The Balaban J connectivity index is 1.89. The van der Waals surface area contributed by atoms with E-state index in [0.29, 0.717) is 17.6 Å². The number of hydrogen-bond acceptors (Lipinski definition) is 4. The molecule has 106 valence electrons. The maximum atomic E-state index is 12.0. The molecule has 0 radical (unpaired) electrons. The minimum atomic E-state index is -0.121. The van der Waals surface area contributed by atoms with E-state index in [9.17, 15) is 4.79 Å². The molecule has 6 heteroatoms.